The van der Waals surface area contributed by atoms with E-state index in [1.54, 1.807) is 6.92 Å². The highest BCUT2D eigenvalue weighted by molar-refractivity contribution is 5.81. The van der Waals surface area contributed by atoms with Crippen LogP contribution in [-0.2, 0) is 10.2 Å². The van der Waals surface area contributed by atoms with Crippen LogP contribution >= 0.6 is 0 Å². The summed E-state index contributed by atoms with van der Waals surface area (Å²) in [7, 11) is 0. The normalized spacial score (nSPS) is 23.2. The number of hydrogen-bond donors (Lipinski definition) is 2. The Balaban J connectivity index is 1.91. The molecule has 1 atom stereocenters. The molecule has 1 aromatic carbocycles. The molecule has 0 radical (unpaired) electrons. The Morgan fingerprint density at radius 3 is 2.52 bits per heavy atom. The van der Waals surface area contributed by atoms with Crippen molar-refractivity contribution in [2.75, 3.05) is 0 Å². The van der Waals surface area contributed by atoms with E-state index in [9.17, 15) is 4.79 Å². The van der Waals surface area contributed by atoms with Gasteiger partial charge in [0.25, 0.3) is 5.91 Å². The second-order valence-electron chi connectivity index (χ2n) is 7.66. The van der Waals surface area contributed by atoms with Crippen molar-refractivity contribution in [3.8, 4) is 5.75 Å². The van der Waals surface area contributed by atoms with Crippen molar-refractivity contribution in [1.82, 2.24) is 5.32 Å². The Morgan fingerprint density at radius 2 is 1.91 bits per heavy atom. The van der Waals surface area contributed by atoms with E-state index in [0.29, 0.717) is 0 Å². The molecular formula is C19H30N2O2. The first-order valence-corrected chi connectivity index (χ1v) is 8.59. The van der Waals surface area contributed by atoms with E-state index in [1.807, 2.05) is 18.2 Å². The molecule has 1 aliphatic carbocycles. The largest absolute Gasteiger partial charge is 0.481 e. The zero-order chi connectivity index (χ0) is 17.0. The number of ether oxygens (including phenoxy) is 1. The van der Waals surface area contributed by atoms with Crippen molar-refractivity contribution >= 4 is 5.91 Å². The van der Waals surface area contributed by atoms with Crippen LogP contribution in [-0.4, -0.2) is 24.1 Å². The molecule has 128 valence electrons. The van der Waals surface area contributed by atoms with Gasteiger partial charge in [0.15, 0.2) is 6.10 Å². The van der Waals surface area contributed by atoms with E-state index in [4.69, 9.17) is 10.5 Å². The molecule has 0 spiro atoms. The summed E-state index contributed by atoms with van der Waals surface area (Å²) in [4.78, 5) is 12.3. The summed E-state index contributed by atoms with van der Waals surface area (Å²) in [6.45, 7) is 8.29. The minimum atomic E-state index is -0.499. The van der Waals surface area contributed by atoms with Gasteiger partial charge in [0.05, 0.1) is 0 Å². The summed E-state index contributed by atoms with van der Waals surface area (Å²) in [5.41, 5.74) is 7.16. The Hall–Kier alpha value is -1.55. The molecular weight excluding hydrogens is 288 g/mol. The maximum Gasteiger partial charge on any atom is 0.260 e. The van der Waals surface area contributed by atoms with Gasteiger partial charge in [-0.2, -0.15) is 0 Å². The van der Waals surface area contributed by atoms with Crippen molar-refractivity contribution < 1.29 is 9.53 Å². The Kier molecular flexibility index (Phi) is 5.69. The fourth-order valence-electron chi connectivity index (χ4n) is 2.88. The molecule has 0 aliphatic heterocycles. The van der Waals surface area contributed by atoms with Crippen LogP contribution in [0.2, 0.25) is 0 Å². The molecule has 0 heterocycles. The van der Waals surface area contributed by atoms with Crippen molar-refractivity contribution in [3.05, 3.63) is 29.8 Å². The molecule has 4 nitrogen and oxygen atoms in total. The van der Waals surface area contributed by atoms with Crippen molar-refractivity contribution in [2.45, 2.75) is 77.0 Å². The second kappa shape index (κ2) is 7.35. The predicted octanol–water partition coefficient (Wildman–Crippen LogP) is 3.14. The van der Waals surface area contributed by atoms with E-state index in [2.05, 4.69) is 32.2 Å². The topological polar surface area (TPSA) is 64.3 Å². The van der Waals surface area contributed by atoms with Crippen LogP contribution in [0.15, 0.2) is 24.3 Å². The highest BCUT2D eigenvalue weighted by Crippen LogP contribution is 2.26. The molecule has 1 unspecified atom stereocenters. The minimum absolute atomic E-state index is 0.0494. The third-order valence-electron chi connectivity index (χ3n) is 4.50. The first-order valence-electron chi connectivity index (χ1n) is 8.59. The van der Waals surface area contributed by atoms with Crippen LogP contribution in [0.4, 0.5) is 0 Å². The fourth-order valence-corrected chi connectivity index (χ4v) is 2.88. The maximum atomic E-state index is 12.3. The molecule has 1 saturated carbocycles. The lowest BCUT2D eigenvalue weighted by atomic mass is 9.87. The van der Waals surface area contributed by atoms with E-state index >= 15 is 0 Å². The Morgan fingerprint density at radius 1 is 1.26 bits per heavy atom. The van der Waals surface area contributed by atoms with Gasteiger partial charge in [0.2, 0.25) is 0 Å². The predicted molar refractivity (Wildman–Crippen MR) is 93.6 cm³/mol. The zero-order valence-corrected chi connectivity index (χ0v) is 14.8. The lowest BCUT2D eigenvalue weighted by molar-refractivity contribution is -0.128. The van der Waals surface area contributed by atoms with E-state index in [1.165, 1.54) is 5.56 Å². The van der Waals surface area contributed by atoms with Crippen molar-refractivity contribution in [2.24, 2.45) is 5.73 Å². The summed E-state index contributed by atoms with van der Waals surface area (Å²) in [6.07, 6.45) is 3.38. The first-order chi connectivity index (χ1) is 10.8. The number of rotatable bonds is 4. The van der Waals surface area contributed by atoms with Gasteiger partial charge in [-0.1, -0.05) is 32.9 Å². The third-order valence-corrected chi connectivity index (χ3v) is 4.50. The van der Waals surface area contributed by atoms with E-state index in [0.717, 1.165) is 31.4 Å². The molecule has 1 fully saturated rings. The fraction of sp³-hybridized carbons (Fsp3) is 0.632. The molecule has 1 aliphatic rings. The molecule has 23 heavy (non-hydrogen) atoms. The van der Waals surface area contributed by atoms with Gasteiger partial charge in [-0.25, -0.2) is 0 Å². The van der Waals surface area contributed by atoms with Crippen LogP contribution < -0.4 is 15.8 Å². The first kappa shape index (κ1) is 17.8. The Bertz CT molecular complexity index is 528. The molecule has 2 rings (SSSR count). The number of benzene rings is 1. The quantitative estimate of drug-likeness (QED) is 0.896. The van der Waals surface area contributed by atoms with Crippen LogP contribution in [0.25, 0.3) is 0 Å². The summed E-state index contributed by atoms with van der Waals surface area (Å²) >= 11 is 0. The summed E-state index contributed by atoms with van der Waals surface area (Å²) in [6, 6.07) is 8.50. The van der Waals surface area contributed by atoms with E-state index in [-0.39, 0.29) is 23.4 Å². The van der Waals surface area contributed by atoms with Gasteiger partial charge >= 0.3 is 0 Å². The smallest absolute Gasteiger partial charge is 0.260 e. The minimum Gasteiger partial charge on any atom is -0.481 e. The Labute approximate surface area is 139 Å². The monoisotopic (exact) mass is 318 g/mol. The number of nitrogens with one attached hydrogen (secondary N) is 1. The van der Waals surface area contributed by atoms with E-state index < -0.39 is 6.10 Å². The number of amides is 1. The van der Waals surface area contributed by atoms with Crippen LogP contribution in [0.5, 0.6) is 5.75 Å². The molecule has 3 N–H and O–H groups in total. The average Bonchev–Trinajstić information content (AvgIpc) is 2.49. The van der Waals surface area contributed by atoms with Gasteiger partial charge in [-0.3, -0.25) is 4.79 Å². The SMILES string of the molecule is CC(Oc1cccc(C(C)(C)C)c1)C(=O)NC1CCC(N)CC1. The van der Waals surface area contributed by atoms with Crippen LogP contribution in [0.3, 0.4) is 0 Å². The highest BCUT2D eigenvalue weighted by Gasteiger charge is 2.23. The van der Waals surface area contributed by atoms with Gasteiger partial charge in [-0.05, 0) is 55.7 Å². The number of nitrogens with two attached hydrogens (primary N) is 1. The molecule has 0 saturated heterocycles. The molecule has 4 heteroatoms. The standard InChI is InChI=1S/C19H30N2O2/c1-13(18(22)21-16-10-8-15(20)9-11-16)23-17-7-5-6-14(12-17)19(2,3)4/h5-7,12-13,15-16H,8-11,20H2,1-4H3,(H,21,22). The lowest BCUT2D eigenvalue weighted by Crippen LogP contribution is -2.45. The lowest BCUT2D eigenvalue weighted by Gasteiger charge is -2.28. The van der Waals surface area contributed by atoms with Gasteiger partial charge in [0.1, 0.15) is 5.75 Å². The zero-order valence-electron chi connectivity index (χ0n) is 14.8. The van der Waals surface area contributed by atoms with Gasteiger partial charge < -0.3 is 15.8 Å². The van der Waals surface area contributed by atoms with Crippen molar-refractivity contribution in [1.29, 1.82) is 0 Å². The number of hydrogen-bond acceptors (Lipinski definition) is 3. The summed E-state index contributed by atoms with van der Waals surface area (Å²) < 4.78 is 5.84. The number of carbonyl (C=O) groups excluding carboxylic acids is 1. The maximum absolute atomic E-state index is 12.3. The number of carbonyl (C=O) groups is 1. The van der Waals surface area contributed by atoms with Crippen LogP contribution in [0, 0.1) is 0 Å². The average molecular weight is 318 g/mol. The summed E-state index contributed by atoms with van der Waals surface area (Å²) in [5.74, 6) is 0.692. The third kappa shape index (κ3) is 5.24. The van der Waals surface area contributed by atoms with Crippen LogP contribution in [0.1, 0.15) is 58.9 Å². The highest BCUT2D eigenvalue weighted by atomic mass is 16.5. The molecule has 0 aromatic heterocycles. The second-order valence-corrected chi connectivity index (χ2v) is 7.66. The van der Waals surface area contributed by atoms with Crippen molar-refractivity contribution in [3.63, 3.8) is 0 Å². The molecule has 1 amide bonds. The summed E-state index contributed by atoms with van der Waals surface area (Å²) in [5, 5.41) is 3.08. The molecule has 0 bridgehead atoms. The van der Waals surface area contributed by atoms with Gasteiger partial charge in [-0.15, -0.1) is 0 Å². The molecule has 1 aromatic rings. The van der Waals surface area contributed by atoms with Gasteiger partial charge in [0, 0.05) is 12.1 Å².